The van der Waals surface area contributed by atoms with Crippen molar-refractivity contribution in [2.24, 2.45) is 5.92 Å². The first kappa shape index (κ1) is 20.1. The molecule has 142 valence electrons. The number of pyridine rings is 1. The maximum absolute atomic E-state index is 12.3. The van der Waals surface area contributed by atoms with Gasteiger partial charge in [0.2, 0.25) is 11.9 Å². The second kappa shape index (κ2) is 10.1. The Morgan fingerprint density at radius 3 is 2.81 bits per heavy atom. The van der Waals surface area contributed by atoms with Crippen LogP contribution in [0.5, 0.6) is 0 Å². The van der Waals surface area contributed by atoms with Crippen LogP contribution < -0.4 is 15.5 Å². The molecule has 0 aliphatic heterocycles. The van der Waals surface area contributed by atoms with Gasteiger partial charge in [0, 0.05) is 32.2 Å². The van der Waals surface area contributed by atoms with Gasteiger partial charge in [-0.15, -0.1) is 0 Å². The summed E-state index contributed by atoms with van der Waals surface area (Å²) in [4.78, 5) is 27.2. The Morgan fingerprint density at radius 1 is 1.33 bits per heavy atom. The van der Waals surface area contributed by atoms with E-state index in [0.717, 1.165) is 5.56 Å². The molecule has 1 atom stereocenters. The summed E-state index contributed by atoms with van der Waals surface area (Å²) in [6.45, 7) is 4.69. The number of hydrogen-bond acceptors (Lipinski definition) is 7. The van der Waals surface area contributed by atoms with Crippen molar-refractivity contribution in [1.82, 2.24) is 20.3 Å². The second-order valence-electron chi connectivity index (χ2n) is 6.66. The van der Waals surface area contributed by atoms with E-state index in [-0.39, 0.29) is 12.5 Å². The van der Waals surface area contributed by atoms with E-state index in [2.05, 4.69) is 25.6 Å². The predicted molar refractivity (Wildman–Crippen MR) is 104 cm³/mol. The van der Waals surface area contributed by atoms with Gasteiger partial charge in [-0.1, -0.05) is 19.9 Å². The molecule has 0 fully saturated rings. The summed E-state index contributed by atoms with van der Waals surface area (Å²) in [5.41, 5.74) is 1.05. The molecule has 1 amide bonds. The minimum Gasteiger partial charge on any atom is -0.358 e. The molecular weight excluding hydrogens is 342 g/mol. The van der Waals surface area contributed by atoms with Gasteiger partial charge in [0.1, 0.15) is 18.4 Å². The normalized spacial score (nSPS) is 11.5. The fraction of sp³-hybridized carbons (Fsp3) is 0.421. The Bertz CT molecular complexity index is 773. The number of nitrogens with zero attached hydrogens (tertiary/aromatic N) is 5. The van der Waals surface area contributed by atoms with E-state index < -0.39 is 6.04 Å². The summed E-state index contributed by atoms with van der Waals surface area (Å²) in [5, 5.41) is 14.4. The average molecular weight is 367 g/mol. The van der Waals surface area contributed by atoms with Gasteiger partial charge in [0.15, 0.2) is 0 Å². The van der Waals surface area contributed by atoms with Crippen LogP contribution in [-0.4, -0.2) is 40.5 Å². The Labute approximate surface area is 159 Å². The van der Waals surface area contributed by atoms with Gasteiger partial charge in [0.05, 0.1) is 6.07 Å². The summed E-state index contributed by atoms with van der Waals surface area (Å²) < 4.78 is 0. The zero-order chi connectivity index (χ0) is 19.6. The number of nitrogens with one attached hydrogen (secondary N) is 2. The highest BCUT2D eigenvalue weighted by Crippen LogP contribution is 2.15. The lowest BCUT2D eigenvalue weighted by Crippen LogP contribution is -2.41. The largest absolute Gasteiger partial charge is 0.358 e. The Hall–Kier alpha value is -3.21. The molecule has 2 aromatic heterocycles. The van der Waals surface area contributed by atoms with Crippen LogP contribution in [0.15, 0.2) is 36.8 Å². The quantitative estimate of drug-likeness (QED) is 0.653. The predicted octanol–water partition coefficient (Wildman–Crippen LogP) is 1.97. The highest BCUT2D eigenvalue weighted by atomic mass is 16.2. The number of nitriles is 1. The van der Waals surface area contributed by atoms with E-state index in [1.165, 1.54) is 0 Å². The molecule has 0 saturated heterocycles. The van der Waals surface area contributed by atoms with Crippen molar-refractivity contribution in [2.75, 3.05) is 23.8 Å². The number of carbonyl (C=O) groups is 1. The van der Waals surface area contributed by atoms with E-state index in [1.807, 2.05) is 44.0 Å². The van der Waals surface area contributed by atoms with Gasteiger partial charge >= 0.3 is 0 Å². The van der Waals surface area contributed by atoms with Gasteiger partial charge in [-0.05, 0) is 30.0 Å². The number of anilines is 2. The second-order valence-corrected chi connectivity index (χ2v) is 6.66. The third-order valence-electron chi connectivity index (χ3n) is 3.81. The zero-order valence-corrected chi connectivity index (χ0v) is 15.9. The molecule has 8 heteroatoms. The van der Waals surface area contributed by atoms with Crippen molar-refractivity contribution in [3.8, 4) is 6.07 Å². The maximum Gasteiger partial charge on any atom is 0.243 e. The number of rotatable bonds is 9. The molecule has 0 spiro atoms. The molecular formula is C19H25N7O. The molecule has 2 aromatic rings. The van der Waals surface area contributed by atoms with Crippen molar-refractivity contribution < 1.29 is 4.79 Å². The minimum atomic E-state index is -0.468. The molecule has 0 bridgehead atoms. The maximum atomic E-state index is 12.3. The van der Waals surface area contributed by atoms with Gasteiger partial charge in [-0.3, -0.25) is 9.78 Å². The smallest absolute Gasteiger partial charge is 0.243 e. The fourth-order valence-corrected chi connectivity index (χ4v) is 2.58. The van der Waals surface area contributed by atoms with Crippen LogP contribution in [0.25, 0.3) is 0 Å². The number of aromatic nitrogens is 3. The molecule has 8 nitrogen and oxygen atoms in total. The van der Waals surface area contributed by atoms with Crippen LogP contribution in [0.3, 0.4) is 0 Å². The Kier molecular flexibility index (Phi) is 7.49. The first-order valence-electron chi connectivity index (χ1n) is 8.84. The monoisotopic (exact) mass is 367 g/mol. The number of amides is 1. The van der Waals surface area contributed by atoms with E-state index >= 15 is 0 Å². The van der Waals surface area contributed by atoms with Crippen LogP contribution in [0.2, 0.25) is 0 Å². The Morgan fingerprint density at radius 2 is 2.15 bits per heavy atom. The standard InChI is InChI=1S/C19H25N7O/c1-14(2)11-16(18(27)22-10-7-20)24-17-6-9-23-19(25-17)26(3)13-15-5-4-8-21-12-15/h4-6,8-9,12,14,16H,10-11,13H2,1-3H3,(H,22,27)(H,23,24,25)/t16-/m0/s1. The van der Waals surface area contributed by atoms with Crippen molar-refractivity contribution in [1.29, 1.82) is 5.26 Å². The van der Waals surface area contributed by atoms with Crippen LogP contribution in [0.1, 0.15) is 25.8 Å². The molecule has 0 unspecified atom stereocenters. The summed E-state index contributed by atoms with van der Waals surface area (Å²) in [7, 11) is 1.90. The van der Waals surface area contributed by atoms with E-state index in [0.29, 0.717) is 30.6 Å². The van der Waals surface area contributed by atoms with Crippen molar-refractivity contribution >= 4 is 17.7 Å². The molecule has 0 saturated carbocycles. The highest BCUT2D eigenvalue weighted by molar-refractivity contribution is 5.84. The summed E-state index contributed by atoms with van der Waals surface area (Å²) in [6.07, 6.45) is 5.82. The lowest BCUT2D eigenvalue weighted by atomic mass is 10.0. The molecule has 0 aliphatic rings. The molecule has 2 heterocycles. The summed E-state index contributed by atoms with van der Waals surface area (Å²) in [6, 6.07) is 7.06. The lowest BCUT2D eigenvalue weighted by molar-refractivity contribution is -0.121. The molecule has 0 aliphatic carbocycles. The van der Waals surface area contributed by atoms with Crippen LogP contribution in [0, 0.1) is 17.2 Å². The number of carbonyl (C=O) groups excluding carboxylic acids is 1. The van der Waals surface area contributed by atoms with Crippen molar-refractivity contribution in [3.63, 3.8) is 0 Å². The van der Waals surface area contributed by atoms with E-state index in [9.17, 15) is 4.79 Å². The third kappa shape index (κ3) is 6.55. The van der Waals surface area contributed by atoms with Gasteiger partial charge < -0.3 is 15.5 Å². The molecule has 0 radical (unpaired) electrons. The Balaban J connectivity index is 2.09. The topological polar surface area (TPSA) is 107 Å². The SMILES string of the molecule is CC(C)C[C@H](Nc1ccnc(N(C)Cc2cccnc2)n1)C(=O)NCC#N. The van der Waals surface area contributed by atoms with Gasteiger partial charge in [0.25, 0.3) is 0 Å². The van der Waals surface area contributed by atoms with Crippen molar-refractivity contribution in [2.45, 2.75) is 32.9 Å². The van der Waals surface area contributed by atoms with E-state index in [1.54, 1.807) is 24.7 Å². The van der Waals surface area contributed by atoms with Crippen molar-refractivity contribution in [3.05, 3.63) is 42.4 Å². The number of hydrogen-bond donors (Lipinski definition) is 2. The summed E-state index contributed by atoms with van der Waals surface area (Å²) in [5.74, 6) is 1.21. The molecule has 27 heavy (non-hydrogen) atoms. The minimum absolute atomic E-state index is 0.0159. The molecule has 2 N–H and O–H groups in total. The lowest BCUT2D eigenvalue weighted by Gasteiger charge is -2.21. The summed E-state index contributed by atoms with van der Waals surface area (Å²) >= 11 is 0. The van der Waals surface area contributed by atoms with Crippen LogP contribution >= 0.6 is 0 Å². The fourth-order valence-electron chi connectivity index (χ4n) is 2.58. The van der Waals surface area contributed by atoms with Crippen LogP contribution in [-0.2, 0) is 11.3 Å². The van der Waals surface area contributed by atoms with Gasteiger partial charge in [-0.2, -0.15) is 10.2 Å². The van der Waals surface area contributed by atoms with E-state index in [4.69, 9.17) is 5.26 Å². The highest BCUT2D eigenvalue weighted by Gasteiger charge is 2.20. The molecule has 2 rings (SSSR count). The molecule has 0 aromatic carbocycles. The average Bonchev–Trinajstić information content (AvgIpc) is 2.66. The van der Waals surface area contributed by atoms with Gasteiger partial charge in [-0.25, -0.2) is 4.98 Å². The zero-order valence-electron chi connectivity index (χ0n) is 15.9. The first-order valence-corrected chi connectivity index (χ1v) is 8.84. The van der Waals surface area contributed by atoms with Crippen LogP contribution in [0.4, 0.5) is 11.8 Å². The third-order valence-corrected chi connectivity index (χ3v) is 3.81. The first-order chi connectivity index (χ1) is 13.0.